The lowest BCUT2D eigenvalue weighted by atomic mass is 10.2. The molecule has 0 fully saturated rings. The van der Waals surface area contributed by atoms with Gasteiger partial charge in [-0.3, -0.25) is 0 Å². The third kappa shape index (κ3) is 2.75. The molecule has 0 saturated carbocycles. The third-order valence-corrected chi connectivity index (χ3v) is 2.50. The first-order chi connectivity index (χ1) is 7.47. The fourth-order valence-corrected chi connectivity index (χ4v) is 1.76. The number of alkyl halides is 2. The van der Waals surface area contributed by atoms with Crippen molar-refractivity contribution < 1.29 is 18.3 Å². The number of aryl methyl sites for hydroxylation is 1. The molecule has 16 heavy (non-hydrogen) atoms. The van der Waals surface area contributed by atoms with Crippen LogP contribution < -0.4 is 0 Å². The summed E-state index contributed by atoms with van der Waals surface area (Å²) >= 11 is 2.98. The van der Waals surface area contributed by atoms with Gasteiger partial charge in [-0.05, 0) is 41.4 Å². The van der Waals surface area contributed by atoms with Crippen LogP contribution in [0.4, 0.5) is 8.78 Å². The molecule has 3 nitrogen and oxygen atoms in total. The summed E-state index contributed by atoms with van der Waals surface area (Å²) < 4.78 is 30.0. The van der Waals surface area contributed by atoms with Gasteiger partial charge < -0.3 is 4.74 Å². The summed E-state index contributed by atoms with van der Waals surface area (Å²) in [6, 6.07) is 1.43. The van der Waals surface area contributed by atoms with Gasteiger partial charge >= 0.3 is 5.97 Å². The van der Waals surface area contributed by atoms with E-state index < -0.39 is 18.1 Å². The molecule has 0 unspecified atom stereocenters. The first-order valence-electron chi connectivity index (χ1n) is 4.59. The molecule has 0 N–H and O–H groups in total. The summed E-state index contributed by atoms with van der Waals surface area (Å²) in [6.45, 7) is 3.43. The summed E-state index contributed by atoms with van der Waals surface area (Å²) in [4.78, 5) is 15.0. The maximum atomic E-state index is 12.5. The summed E-state index contributed by atoms with van der Waals surface area (Å²) in [5.41, 5.74) is -0.0243. The van der Waals surface area contributed by atoms with Crippen molar-refractivity contribution in [2.75, 3.05) is 6.61 Å². The van der Waals surface area contributed by atoms with Crippen LogP contribution in [0.1, 0.15) is 35.1 Å². The molecular weight excluding hydrogens is 284 g/mol. The van der Waals surface area contributed by atoms with Crippen LogP contribution in [0.2, 0.25) is 0 Å². The number of nitrogens with zero attached hydrogens (tertiary/aromatic N) is 1. The average molecular weight is 294 g/mol. The minimum Gasteiger partial charge on any atom is -0.461 e. The number of halogens is 3. The highest BCUT2D eigenvalue weighted by Crippen LogP contribution is 2.27. The third-order valence-electron chi connectivity index (χ3n) is 1.87. The molecule has 0 radical (unpaired) electrons. The quantitative estimate of drug-likeness (QED) is 0.803. The number of aromatic nitrogens is 1. The Morgan fingerprint density at radius 1 is 1.62 bits per heavy atom. The van der Waals surface area contributed by atoms with Crippen LogP contribution >= 0.6 is 15.9 Å². The maximum Gasteiger partial charge on any atom is 0.357 e. The molecular formula is C10H10BrF2NO2. The molecule has 88 valence electrons. The van der Waals surface area contributed by atoms with Gasteiger partial charge in [0.1, 0.15) is 5.69 Å². The van der Waals surface area contributed by atoms with E-state index in [9.17, 15) is 13.6 Å². The van der Waals surface area contributed by atoms with E-state index in [-0.39, 0.29) is 16.8 Å². The van der Waals surface area contributed by atoms with E-state index in [1.165, 1.54) is 6.07 Å². The summed E-state index contributed by atoms with van der Waals surface area (Å²) in [5, 5.41) is 0. The van der Waals surface area contributed by atoms with E-state index in [0.29, 0.717) is 5.56 Å². The second kappa shape index (κ2) is 5.34. The van der Waals surface area contributed by atoms with E-state index in [1.807, 2.05) is 0 Å². The van der Waals surface area contributed by atoms with Crippen molar-refractivity contribution >= 4 is 21.9 Å². The Balaban J connectivity index is 3.19. The molecule has 1 heterocycles. The van der Waals surface area contributed by atoms with E-state index in [4.69, 9.17) is 4.74 Å². The van der Waals surface area contributed by atoms with Gasteiger partial charge in [0.2, 0.25) is 0 Å². The molecule has 0 amide bonds. The average Bonchev–Trinajstić information content (AvgIpc) is 2.17. The van der Waals surface area contributed by atoms with E-state index in [0.717, 1.165) is 0 Å². The van der Waals surface area contributed by atoms with Crippen LogP contribution in [-0.2, 0) is 4.74 Å². The Morgan fingerprint density at radius 2 is 2.25 bits per heavy atom. The largest absolute Gasteiger partial charge is 0.461 e. The Labute approximate surface area is 99.9 Å². The van der Waals surface area contributed by atoms with Crippen molar-refractivity contribution in [3.63, 3.8) is 0 Å². The number of hydrogen-bond acceptors (Lipinski definition) is 3. The van der Waals surface area contributed by atoms with Gasteiger partial charge in [-0.2, -0.15) is 0 Å². The zero-order chi connectivity index (χ0) is 12.3. The highest BCUT2D eigenvalue weighted by atomic mass is 79.9. The lowest BCUT2D eigenvalue weighted by molar-refractivity contribution is 0.0517. The number of ether oxygens (including phenoxy) is 1. The topological polar surface area (TPSA) is 39.2 Å². The van der Waals surface area contributed by atoms with Crippen LogP contribution in [-0.4, -0.2) is 17.6 Å². The SMILES string of the molecule is CCOC(=O)c1nc(C(F)F)c(Br)cc1C. The number of esters is 1. The monoisotopic (exact) mass is 293 g/mol. The Morgan fingerprint density at radius 3 is 2.75 bits per heavy atom. The second-order valence-electron chi connectivity index (χ2n) is 3.04. The fourth-order valence-electron chi connectivity index (χ4n) is 1.15. The van der Waals surface area contributed by atoms with Crippen molar-refractivity contribution in [3.8, 4) is 0 Å². The highest BCUT2D eigenvalue weighted by molar-refractivity contribution is 9.10. The number of rotatable bonds is 3. The van der Waals surface area contributed by atoms with E-state index in [1.54, 1.807) is 13.8 Å². The fraction of sp³-hybridized carbons (Fsp3) is 0.400. The number of pyridine rings is 1. The van der Waals surface area contributed by atoms with Gasteiger partial charge in [-0.25, -0.2) is 18.6 Å². The molecule has 0 bridgehead atoms. The molecule has 0 atom stereocenters. The number of carbonyl (C=O) groups excluding carboxylic acids is 1. The molecule has 0 aliphatic rings. The lowest BCUT2D eigenvalue weighted by Crippen LogP contribution is -2.11. The van der Waals surface area contributed by atoms with Gasteiger partial charge in [0.05, 0.1) is 6.61 Å². The molecule has 1 rings (SSSR count). The molecule has 1 aromatic rings. The Hall–Kier alpha value is -1.04. The van der Waals surface area contributed by atoms with Crippen LogP contribution in [0, 0.1) is 6.92 Å². The van der Waals surface area contributed by atoms with Gasteiger partial charge in [0.15, 0.2) is 5.69 Å². The van der Waals surface area contributed by atoms with Gasteiger partial charge in [-0.15, -0.1) is 0 Å². The van der Waals surface area contributed by atoms with Gasteiger partial charge in [-0.1, -0.05) is 0 Å². The van der Waals surface area contributed by atoms with Crippen molar-refractivity contribution in [2.24, 2.45) is 0 Å². The number of hydrogen-bond donors (Lipinski definition) is 0. The van der Waals surface area contributed by atoms with Crippen molar-refractivity contribution in [2.45, 2.75) is 20.3 Å². The van der Waals surface area contributed by atoms with Crippen molar-refractivity contribution in [3.05, 3.63) is 27.5 Å². The normalized spacial score (nSPS) is 10.6. The second-order valence-corrected chi connectivity index (χ2v) is 3.90. The Bertz CT molecular complexity index is 410. The molecule has 0 aliphatic heterocycles. The molecule has 0 spiro atoms. The molecule has 0 aromatic carbocycles. The first kappa shape index (κ1) is 13.0. The van der Waals surface area contributed by atoms with Crippen molar-refractivity contribution in [1.82, 2.24) is 4.98 Å². The first-order valence-corrected chi connectivity index (χ1v) is 5.39. The molecule has 0 saturated heterocycles. The summed E-state index contributed by atoms with van der Waals surface area (Å²) in [5.74, 6) is -0.686. The standard InChI is InChI=1S/C10H10BrF2NO2/c1-3-16-10(15)7-5(2)4-6(11)8(14-7)9(12)13/h4,9H,3H2,1-2H3. The van der Waals surface area contributed by atoms with Gasteiger partial charge in [0, 0.05) is 4.47 Å². The Kier molecular flexibility index (Phi) is 4.35. The minimum atomic E-state index is -2.73. The zero-order valence-electron chi connectivity index (χ0n) is 8.76. The van der Waals surface area contributed by atoms with E-state index >= 15 is 0 Å². The minimum absolute atomic E-state index is 0.0691. The predicted octanol–water partition coefficient (Wildman–Crippen LogP) is 3.27. The lowest BCUT2D eigenvalue weighted by Gasteiger charge is -2.08. The van der Waals surface area contributed by atoms with E-state index in [2.05, 4.69) is 20.9 Å². The smallest absolute Gasteiger partial charge is 0.357 e. The highest BCUT2D eigenvalue weighted by Gasteiger charge is 2.20. The molecule has 6 heteroatoms. The van der Waals surface area contributed by atoms with Crippen molar-refractivity contribution in [1.29, 1.82) is 0 Å². The van der Waals surface area contributed by atoms with Crippen LogP contribution in [0.3, 0.4) is 0 Å². The van der Waals surface area contributed by atoms with Gasteiger partial charge in [0.25, 0.3) is 6.43 Å². The summed E-state index contributed by atoms with van der Waals surface area (Å²) in [7, 11) is 0. The molecule has 1 aromatic heterocycles. The van der Waals surface area contributed by atoms with Crippen LogP contribution in [0.5, 0.6) is 0 Å². The summed E-state index contributed by atoms with van der Waals surface area (Å²) in [6.07, 6.45) is -2.73. The zero-order valence-corrected chi connectivity index (χ0v) is 10.3. The predicted molar refractivity (Wildman–Crippen MR) is 57.6 cm³/mol. The maximum absolute atomic E-state index is 12.5. The van der Waals surface area contributed by atoms with Crippen LogP contribution in [0.15, 0.2) is 10.5 Å². The van der Waals surface area contributed by atoms with Crippen LogP contribution in [0.25, 0.3) is 0 Å². The number of carbonyl (C=O) groups is 1. The molecule has 0 aliphatic carbocycles.